The van der Waals surface area contributed by atoms with Crippen LogP contribution in [0.2, 0.25) is 5.02 Å². The zero-order chi connectivity index (χ0) is 17.1. The molecule has 3 rings (SSSR count). The number of piperidine rings is 1. The molecular formula is C19H20ClNO3. The van der Waals surface area contributed by atoms with Gasteiger partial charge in [-0.15, -0.1) is 0 Å². The largest absolute Gasteiger partial charge is 0.508 e. The molecule has 4 nitrogen and oxygen atoms in total. The fourth-order valence-corrected chi connectivity index (χ4v) is 3.03. The van der Waals surface area contributed by atoms with Gasteiger partial charge in [0.2, 0.25) is 0 Å². The average molecular weight is 346 g/mol. The minimum absolute atomic E-state index is 0.0339. The van der Waals surface area contributed by atoms with Gasteiger partial charge in [-0.1, -0.05) is 17.7 Å². The molecule has 24 heavy (non-hydrogen) atoms. The number of nitrogens with zero attached hydrogens (tertiary/aromatic N) is 1. The number of likely N-dealkylation sites (tertiary alicyclic amines) is 1. The van der Waals surface area contributed by atoms with Crippen molar-refractivity contribution in [2.75, 3.05) is 13.1 Å². The van der Waals surface area contributed by atoms with Crippen molar-refractivity contribution in [2.24, 2.45) is 0 Å². The predicted octanol–water partition coefficient (Wildman–Crippen LogP) is 4.04. The number of hydrogen-bond donors (Lipinski definition) is 1. The summed E-state index contributed by atoms with van der Waals surface area (Å²) < 4.78 is 5.95. The zero-order valence-corrected chi connectivity index (χ0v) is 14.3. The third-order valence-corrected chi connectivity index (χ3v) is 4.63. The number of benzene rings is 2. The molecule has 0 saturated carbocycles. The standard InChI is InChI=1S/C19H20ClNO3/c1-13-17(3-2-4-18(13)22)19(23)21-11-9-16(10-12-21)24-15-7-5-14(20)6-8-15/h2-8,16,22H,9-12H2,1H3. The first-order valence-electron chi connectivity index (χ1n) is 8.04. The summed E-state index contributed by atoms with van der Waals surface area (Å²) in [5.41, 5.74) is 1.19. The maximum atomic E-state index is 12.6. The summed E-state index contributed by atoms with van der Waals surface area (Å²) in [5.74, 6) is 0.920. The van der Waals surface area contributed by atoms with Gasteiger partial charge in [-0.3, -0.25) is 4.79 Å². The van der Waals surface area contributed by atoms with Crippen molar-refractivity contribution in [1.29, 1.82) is 0 Å². The van der Waals surface area contributed by atoms with Gasteiger partial charge in [0.15, 0.2) is 0 Å². The van der Waals surface area contributed by atoms with Crippen molar-refractivity contribution in [3.63, 3.8) is 0 Å². The van der Waals surface area contributed by atoms with E-state index in [9.17, 15) is 9.90 Å². The lowest BCUT2D eigenvalue weighted by Crippen LogP contribution is -2.42. The highest BCUT2D eigenvalue weighted by Crippen LogP contribution is 2.24. The fourth-order valence-electron chi connectivity index (χ4n) is 2.91. The Bertz CT molecular complexity index is 722. The summed E-state index contributed by atoms with van der Waals surface area (Å²) in [4.78, 5) is 14.5. The molecule has 126 valence electrons. The first kappa shape index (κ1) is 16.7. The number of aromatic hydroxyl groups is 1. The summed E-state index contributed by atoms with van der Waals surface area (Å²) >= 11 is 5.87. The molecule has 0 bridgehead atoms. The molecule has 1 heterocycles. The first-order chi connectivity index (χ1) is 11.5. The first-order valence-corrected chi connectivity index (χ1v) is 8.42. The lowest BCUT2D eigenvalue weighted by molar-refractivity contribution is 0.0594. The van der Waals surface area contributed by atoms with Gasteiger partial charge in [0.1, 0.15) is 17.6 Å². The average Bonchev–Trinajstić information content (AvgIpc) is 2.59. The number of rotatable bonds is 3. The SMILES string of the molecule is Cc1c(O)cccc1C(=O)N1CCC(Oc2ccc(Cl)cc2)CC1. The normalized spacial score (nSPS) is 15.3. The number of amides is 1. The highest BCUT2D eigenvalue weighted by molar-refractivity contribution is 6.30. The van der Waals surface area contributed by atoms with E-state index in [2.05, 4.69) is 0 Å². The van der Waals surface area contributed by atoms with Crippen LogP contribution in [0.5, 0.6) is 11.5 Å². The molecule has 2 aromatic rings. The number of carbonyl (C=O) groups is 1. The van der Waals surface area contributed by atoms with E-state index in [1.807, 2.05) is 17.0 Å². The Morgan fingerprint density at radius 1 is 1.17 bits per heavy atom. The van der Waals surface area contributed by atoms with Crippen LogP contribution in [-0.2, 0) is 0 Å². The van der Waals surface area contributed by atoms with Crippen LogP contribution in [0.4, 0.5) is 0 Å². The molecule has 1 fully saturated rings. The van der Waals surface area contributed by atoms with Crippen LogP contribution >= 0.6 is 11.6 Å². The smallest absolute Gasteiger partial charge is 0.254 e. The molecule has 0 unspecified atom stereocenters. The van der Waals surface area contributed by atoms with Gasteiger partial charge >= 0.3 is 0 Å². The molecule has 0 aliphatic carbocycles. The number of phenols is 1. The number of hydrogen-bond acceptors (Lipinski definition) is 3. The second-order valence-electron chi connectivity index (χ2n) is 6.01. The molecule has 0 atom stereocenters. The van der Waals surface area contributed by atoms with Crippen molar-refractivity contribution in [1.82, 2.24) is 4.90 Å². The van der Waals surface area contributed by atoms with E-state index in [1.165, 1.54) is 0 Å². The van der Waals surface area contributed by atoms with Crippen molar-refractivity contribution in [2.45, 2.75) is 25.9 Å². The van der Waals surface area contributed by atoms with Crippen LogP contribution in [0.1, 0.15) is 28.8 Å². The Hall–Kier alpha value is -2.20. The summed E-state index contributed by atoms with van der Waals surface area (Å²) in [6.45, 7) is 3.05. The van der Waals surface area contributed by atoms with Gasteiger partial charge in [-0.25, -0.2) is 0 Å². The van der Waals surface area contributed by atoms with Crippen molar-refractivity contribution in [3.05, 3.63) is 58.6 Å². The summed E-state index contributed by atoms with van der Waals surface area (Å²) in [7, 11) is 0. The lowest BCUT2D eigenvalue weighted by atomic mass is 10.0. The van der Waals surface area contributed by atoms with Crippen LogP contribution < -0.4 is 4.74 Å². The van der Waals surface area contributed by atoms with Crippen molar-refractivity contribution >= 4 is 17.5 Å². The second-order valence-corrected chi connectivity index (χ2v) is 6.45. The fraction of sp³-hybridized carbons (Fsp3) is 0.316. The quantitative estimate of drug-likeness (QED) is 0.913. The van der Waals surface area contributed by atoms with E-state index in [0.717, 1.165) is 18.6 Å². The molecule has 0 radical (unpaired) electrons. The minimum Gasteiger partial charge on any atom is -0.508 e. The molecule has 0 spiro atoms. The van der Waals surface area contributed by atoms with Crippen LogP contribution in [0.3, 0.4) is 0 Å². The van der Waals surface area contributed by atoms with Crippen LogP contribution in [0.25, 0.3) is 0 Å². The number of carbonyl (C=O) groups excluding carboxylic acids is 1. The van der Waals surface area contributed by atoms with E-state index in [1.54, 1.807) is 37.3 Å². The van der Waals surface area contributed by atoms with Crippen LogP contribution in [0.15, 0.2) is 42.5 Å². The number of phenolic OH excluding ortho intramolecular Hbond substituents is 1. The van der Waals surface area contributed by atoms with Gasteiger partial charge in [-0.05, 0) is 43.3 Å². The van der Waals surface area contributed by atoms with E-state index in [-0.39, 0.29) is 17.8 Å². The maximum absolute atomic E-state index is 12.6. The molecule has 2 aromatic carbocycles. The Balaban J connectivity index is 1.59. The molecular weight excluding hydrogens is 326 g/mol. The number of ether oxygens (including phenoxy) is 1. The van der Waals surface area contributed by atoms with Gasteiger partial charge < -0.3 is 14.7 Å². The van der Waals surface area contributed by atoms with Gasteiger partial charge in [0.25, 0.3) is 5.91 Å². The predicted molar refractivity (Wildman–Crippen MR) is 93.8 cm³/mol. The number of halogens is 1. The molecule has 1 aliphatic heterocycles. The van der Waals surface area contributed by atoms with Crippen LogP contribution in [-0.4, -0.2) is 35.1 Å². The van der Waals surface area contributed by atoms with E-state index >= 15 is 0 Å². The lowest BCUT2D eigenvalue weighted by Gasteiger charge is -2.32. The van der Waals surface area contributed by atoms with E-state index in [0.29, 0.717) is 29.2 Å². The summed E-state index contributed by atoms with van der Waals surface area (Å²) in [5, 5.41) is 10.5. The zero-order valence-electron chi connectivity index (χ0n) is 13.5. The molecule has 0 aromatic heterocycles. The Morgan fingerprint density at radius 2 is 1.83 bits per heavy atom. The van der Waals surface area contributed by atoms with Crippen molar-refractivity contribution in [3.8, 4) is 11.5 Å². The highest BCUT2D eigenvalue weighted by atomic mass is 35.5. The maximum Gasteiger partial charge on any atom is 0.254 e. The molecule has 1 aliphatic rings. The Kier molecular flexibility index (Phi) is 4.95. The third-order valence-electron chi connectivity index (χ3n) is 4.38. The minimum atomic E-state index is -0.0339. The highest BCUT2D eigenvalue weighted by Gasteiger charge is 2.25. The molecule has 5 heteroatoms. The summed E-state index contributed by atoms with van der Waals surface area (Å²) in [6, 6.07) is 12.4. The monoisotopic (exact) mass is 345 g/mol. The van der Waals surface area contributed by atoms with Gasteiger partial charge in [-0.2, -0.15) is 0 Å². The van der Waals surface area contributed by atoms with E-state index in [4.69, 9.17) is 16.3 Å². The second kappa shape index (κ2) is 7.14. The van der Waals surface area contributed by atoms with E-state index < -0.39 is 0 Å². The van der Waals surface area contributed by atoms with Gasteiger partial charge in [0, 0.05) is 42.1 Å². The topological polar surface area (TPSA) is 49.8 Å². The Labute approximate surface area is 146 Å². The van der Waals surface area contributed by atoms with Gasteiger partial charge in [0.05, 0.1) is 0 Å². The van der Waals surface area contributed by atoms with Crippen LogP contribution in [0, 0.1) is 6.92 Å². The third kappa shape index (κ3) is 3.65. The Morgan fingerprint density at radius 3 is 2.50 bits per heavy atom. The molecule has 1 N–H and O–H groups in total. The van der Waals surface area contributed by atoms with Crippen molar-refractivity contribution < 1.29 is 14.6 Å². The molecule has 1 amide bonds. The summed E-state index contributed by atoms with van der Waals surface area (Å²) in [6.07, 6.45) is 1.67. The molecule has 1 saturated heterocycles.